The second-order valence-corrected chi connectivity index (χ2v) is 5.63. The first-order valence-corrected chi connectivity index (χ1v) is 7.60. The Hall–Kier alpha value is -1.23. The fourth-order valence-corrected chi connectivity index (χ4v) is 2.74. The number of rotatable bonds is 5. The van der Waals surface area contributed by atoms with Gasteiger partial charge in [-0.25, -0.2) is 4.98 Å². The third-order valence-electron chi connectivity index (χ3n) is 3.31. The molecule has 1 aliphatic carbocycles. The molecule has 0 saturated heterocycles. The average molecular weight is 264 g/mol. The minimum Gasteiger partial charge on any atom is -0.384 e. The molecule has 0 unspecified atom stereocenters. The number of hydrogen-bond acceptors (Lipinski definition) is 4. The van der Waals surface area contributed by atoms with Crippen molar-refractivity contribution in [2.45, 2.75) is 19.3 Å². The number of thioether (sulfide) groups is 1. The van der Waals surface area contributed by atoms with Crippen LogP contribution in [0, 0.1) is 5.41 Å². The Balaban J connectivity index is 2.35. The summed E-state index contributed by atoms with van der Waals surface area (Å²) < 4.78 is 0. The van der Waals surface area contributed by atoms with E-state index in [4.69, 9.17) is 16.1 Å². The van der Waals surface area contributed by atoms with E-state index in [9.17, 15) is 0 Å². The Kier molecular flexibility index (Phi) is 4.11. The highest BCUT2D eigenvalue weighted by Crippen LogP contribution is 2.26. The zero-order valence-corrected chi connectivity index (χ0v) is 11.8. The minimum atomic E-state index is 0.114. The first-order valence-electron chi connectivity index (χ1n) is 6.20. The standard InChI is InChI=1S/C13H20N4S/c1-17(6-7-18-2)13-10(12(14)15)8-9-4-3-5-11(9)16-13/h8H,3-7H2,1-2H3,(H3,14,15). The molecule has 4 nitrogen and oxygen atoms in total. The van der Waals surface area contributed by atoms with Crippen LogP contribution in [-0.4, -0.2) is 36.4 Å². The third-order valence-corrected chi connectivity index (χ3v) is 3.90. The Labute approximate surface area is 112 Å². The number of fused-ring (bicyclic) bond motifs is 1. The molecule has 2 rings (SSSR count). The number of nitrogens with two attached hydrogens (primary N) is 1. The van der Waals surface area contributed by atoms with Gasteiger partial charge in [0.25, 0.3) is 0 Å². The lowest BCUT2D eigenvalue weighted by molar-refractivity contribution is 0.889. The van der Waals surface area contributed by atoms with E-state index >= 15 is 0 Å². The molecule has 0 saturated carbocycles. The van der Waals surface area contributed by atoms with Crippen molar-refractivity contribution in [1.29, 1.82) is 5.41 Å². The Morgan fingerprint density at radius 2 is 2.33 bits per heavy atom. The van der Waals surface area contributed by atoms with Crippen molar-refractivity contribution in [2.24, 2.45) is 5.73 Å². The fourth-order valence-electron chi connectivity index (χ4n) is 2.28. The number of nitrogens with one attached hydrogen (secondary N) is 1. The Morgan fingerprint density at radius 3 is 3.00 bits per heavy atom. The summed E-state index contributed by atoms with van der Waals surface area (Å²) in [6, 6.07) is 2.06. The quantitative estimate of drug-likeness (QED) is 0.627. The molecule has 1 aliphatic rings. The number of pyridine rings is 1. The highest BCUT2D eigenvalue weighted by atomic mass is 32.2. The van der Waals surface area contributed by atoms with Gasteiger partial charge in [-0.05, 0) is 37.1 Å². The molecule has 0 spiro atoms. The van der Waals surface area contributed by atoms with Crippen molar-refractivity contribution in [1.82, 2.24) is 4.98 Å². The van der Waals surface area contributed by atoms with E-state index in [1.807, 2.05) is 18.8 Å². The van der Waals surface area contributed by atoms with Crippen LogP contribution in [0.3, 0.4) is 0 Å². The highest BCUT2D eigenvalue weighted by molar-refractivity contribution is 7.98. The highest BCUT2D eigenvalue weighted by Gasteiger charge is 2.19. The second kappa shape index (κ2) is 5.61. The van der Waals surface area contributed by atoms with Crippen molar-refractivity contribution >= 4 is 23.4 Å². The van der Waals surface area contributed by atoms with Crippen LogP contribution < -0.4 is 10.6 Å². The summed E-state index contributed by atoms with van der Waals surface area (Å²) in [5.41, 5.74) is 8.92. The van der Waals surface area contributed by atoms with Crippen molar-refractivity contribution in [3.8, 4) is 0 Å². The van der Waals surface area contributed by atoms with E-state index in [1.165, 1.54) is 11.3 Å². The van der Waals surface area contributed by atoms with Gasteiger partial charge in [-0.2, -0.15) is 11.8 Å². The molecule has 0 aromatic carbocycles. The largest absolute Gasteiger partial charge is 0.384 e. The molecule has 5 heteroatoms. The Morgan fingerprint density at radius 1 is 1.56 bits per heavy atom. The van der Waals surface area contributed by atoms with Crippen LogP contribution in [0.5, 0.6) is 0 Å². The van der Waals surface area contributed by atoms with E-state index in [0.29, 0.717) is 0 Å². The lowest BCUT2D eigenvalue weighted by Gasteiger charge is -2.21. The van der Waals surface area contributed by atoms with Crippen LogP contribution in [0.2, 0.25) is 0 Å². The van der Waals surface area contributed by atoms with Crippen LogP contribution in [-0.2, 0) is 12.8 Å². The summed E-state index contributed by atoms with van der Waals surface area (Å²) in [6.45, 7) is 0.924. The van der Waals surface area contributed by atoms with Crippen molar-refractivity contribution in [3.63, 3.8) is 0 Å². The van der Waals surface area contributed by atoms with E-state index in [-0.39, 0.29) is 5.84 Å². The van der Waals surface area contributed by atoms with Gasteiger partial charge in [-0.3, -0.25) is 5.41 Å². The number of nitrogens with zero attached hydrogens (tertiary/aromatic N) is 2. The predicted molar refractivity (Wildman–Crippen MR) is 78.9 cm³/mol. The summed E-state index contributed by atoms with van der Waals surface area (Å²) in [4.78, 5) is 6.83. The molecular weight excluding hydrogens is 244 g/mol. The number of hydrogen-bond donors (Lipinski definition) is 2. The van der Waals surface area contributed by atoms with Gasteiger partial charge in [-0.1, -0.05) is 0 Å². The lowest BCUT2D eigenvalue weighted by Crippen LogP contribution is -2.26. The molecule has 1 aromatic rings. The molecule has 98 valence electrons. The number of nitrogen functional groups attached to an aromatic ring is 1. The maximum Gasteiger partial charge on any atom is 0.139 e. The molecule has 1 aromatic heterocycles. The topological polar surface area (TPSA) is 66.0 Å². The van der Waals surface area contributed by atoms with Gasteiger partial charge in [0.05, 0.1) is 5.56 Å². The molecule has 0 fully saturated rings. The van der Waals surface area contributed by atoms with Gasteiger partial charge in [0.2, 0.25) is 0 Å². The summed E-state index contributed by atoms with van der Waals surface area (Å²) in [6.07, 6.45) is 5.38. The molecule has 18 heavy (non-hydrogen) atoms. The molecule has 0 amide bonds. The first-order chi connectivity index (χ1) is 8.63. The molecule has 1 heterocycles. The molecule has 0 radical (unpaired) electrons. The average Bonchev–Trinajstić information content (AvgIpc) is 2.81. The number of aryl methyl sites for hydroxylation is 2. The van der Waals surface area contributed by atoms with Gasteiger partial charge in [-0.15, -0.1) is 0 Å². The molecular formula is C13H20N4S. The van der Waals surface area contributed by atoms with Gasteiger partial charge in [0.1, 0.15) is 11.7 Å². The molecule has 0 atom stereocenters. The zero-order valence-electron chi connectivity index (χ0n) is 11.0. The van der Waals surface area contributed by atoms with Gasteiger partial charge in [0, 0.05) is 25.0 Å². The second-order valence-electron chi connectivity index (χ2n) is 4.65. The molecule has 0 aliphatic heterocycles. The predicted octanol–water partition coefficient (Wildman–Crippen LogP) is 1.65. The number of amidine groups is 1. The van der Waals surface area contributed by atoms with Gasteiger partial charge < -0.3 is 10.6 Å². The van der Waals surface area contributed by atoms with E-state index in [1.54, 1.807) is 0 Å². The monoisotopic (exact) mass is 264 g/mol. The minimum absolute atomic E-state index is 0.114. The first kappa shape index (κ1) is 13.2. The van der Waals surface area contributed by atoms with Gasteiger partial charge in [0.15, 0.2) is 0 Å². The van der Waals surface area contributed by atoms with Crippen LogP contribution in [0.1, 0.15) is 23.2 Å². The normalized spacial score (nSPS) is 13.4. The molecule has 0 bridgehead atoms. The smallest absolute Gasteiger partial charge is 0.139 e. The van der Waals surface area contributed by atoms with Crippen LogP contribution in [0.25, 0.3) is 0 Å². The van der Waals surface area contributed by atoms with Crippen LogP contribution >= 0.6 is 11.8 Å². The SMILES string of the molecule is CSCCN(C)c1nc2c(cc1C(=N)N)CCC2. The summed E-state index contributed by atoms with van der Waals surface area (Å²) in [5, 5.41) is 7.72. The lowest BCUT2D eigenvalue weighted by atomic mass is 10.1. The number of anilines is 1. The van der Waals surface area contributed by atoms with E-state index in [0.717, 1.165) is 42.9 Å². The van der Waals surface area contributed by atoms with E-state index < -0.39 is 0 Å². The van der Waals surface area contributed by atoms with E-state index in [2.05, 4.69) is 17.2 Å². The zero-order chi connectivity index (χ0) is 13.1. The van der Waals surface area contributed by atoms with Crippen LogP contribution in [0.15, 0.2) is 6.07 Å². The summed E-state index contributed by atoms with van der Waals surface area (Å²) in [5.74, 6) is 2.02. The number of aromatic nitrogens is 1. The van der Waals surface area contributed by atoms with Crippen molar-refractivity contribution in [2.75, 3.05) is 30.5 Å². The Bertz CT molecular complexity index is 459. The van der Waals surface area contributed by atoms with Crippen molar-refractivity contribution in [3.05, 3.63) is 22.9 Å². The van der Waals surface area contributed by atoms with Crippen LogP contribution in [0.4, 0.5) is 5.82 Å². The van der Waals surface area contributed by atoms with Crippen molar-refractivity contribution < 1.29 is 0 Å². The molecule has 3 N–H and O–H groups in total. The fraction of sp³-hybridized carbons (Fsp3) is 0.538. The van der Waals surface area contributed by atoms with Gasteiger partial charge >= 0.3 is 0 Å². The maximum absolute atomic E-state index is 7.72. The summed E-state index contributed by atoms with van der Waals surface area (Å²) in [7, 11) is 2.02. The summed E-state index contributed by atoms with van der Waals surface area (Å²) >= 11 is 1.81. The maximum atomic E-state index is 7.72. The third kappa shape index (κ3) is 2.61.